The van der Waals surface area contributed by atoms with Crippen LogP contribution in [0.2, 0.25) is 0 Å². The quantitative estimate of drug-likeness (QED) is 0.735. The molecule has 2 rings (SSSR count). The smallest absolute Gasteiger partial charge is 0.212 e. The molecule has 0 aliphatic carbocycles. The summed E-state index contributed by atoms with van der Waals surface area (Å²) in [5.74, 6) is -1.13. The maximum Gasteiger partial charge on any atom is 0.452 e. The molecule has 0 bridgehead atoms. The summed E-state index contributed by atoms with van der Waals surface area (Å²) in [7, 11) is 0. The Hall–Kier alpha value is -1.44. The molecular weight excluding hydrogens is 217 g/mol. The number of alkyl halides is 3. The Kier molecular flexibility index (Phi) is 1.99. The van der Waals surface area contributed by atoms with Gasteiger partial charge >= 0.3 is 6.18 Å². The van der Waals surface area contributed by atoms with E-state index in [-0.39, 0.29) is 5.13 Å². The Bertz CT molecular complexity index is 418. The number of hydrogen-bond acceptors (Lipinski definition) is 4. The molecule has 2 heterocycles. The van der Waals surface area contributed by atoms with Crippen molar-refractivity contribution in [1.29, 1.82) is 0 Å². The lowest BCUT2D eigenvalue weighted by Gasteiger charge is -1.97. The van der Waals surface area contributed by atoms with Gasteiger partial charge in [0.05, 0.1) is 0 Å². The molecular formula is C6H3F3N4S. The Morgan fingerprint density at radius 3 is 2.64 bits per heavy atom. The van der Waals surface area contributed by atoms with E-state index < -0.39 is 12.0 Å². The summed E-state index contributed by atoms with van der Waals surface area (Å²) in [6.07, 6.45) is -1.54. The van der Waals surface area contributed by atoms with Crippen LogP contribution in [-0.2, 0) is 6.18 Å². The third kappa shape index (κ3) is 1.60. The van der Waals surface area contributed by atoms with Gasteiger partial charge in [-0.25, -0.2) is 4.68 Å². The van der Waals surface area contributed by atoms with Gasteiger partial charge in [-0.15, -0.1) is 0 Å². The molecule has 14 heavy (non-hydrogen) atoms. The highest BCUT2D eigenvalue weighted by atomic mass is 32.1. The molecule has 8 heteroatoms. The fourth-order valence-corrected chi connectivity index (χ4v) is 1.44. The average Bonchev–Trinajstić information content (AvgIpc) is 2.73. The van der Waals surface area contributed by atoms with E-state index in [1.807, 2.05) is 0 Å². The highest BCUT2D eigenvalue weighted by Crippen LogP contribution is 2.28. The van der Waals surface area contributed by atoms with E-state index in [1.165, 1.54) is 17.1 Å². The zero-order valence-electron chi connectivity index (χ0n) is 6.56. The van der Waals surface area contributed by atoms with Gasteiger partial charge < -0.3 is 0 Å². The standard InChI is InChI=1S/C6H3F3N4S/c7-6(8,9)4-11-5(14-12-4)13-3-1-2-10-13/h1-3H. The van der Waals surface area contributed by atoms with E-state index in [4.69, 9.17) is 0 Å². The van der Waals surface area contributed by atoms with Gasteiger partial charge in [0.25, 0.3) is 0 Å². The maximum absolute atomic E-state index is 12.1. The first-order valence-electron chi connectivity index (χ1n) is 3.48. The molecule has 0 N–H and O–H groups in total. The summed E-state index contributed by atoms with van der Waals surface area (Å²) >= 11 is 0.653. The van der Waals surface area contributed by atoms with E-state index in [2.05, 4.69) is 14.5 Å². The second-order valence-electron chi connectivity index (χ2n) is 2.35. The van der Waals surface area contributed by atoms with Gasteiger partial charge in [0, 0.05) is 23.9 Å². The van der Waals surface area contributed by atoms with Crippen molar-refractivity contribution in [2.24, 2.45) is 0 Å². The molecule has 0 fully saturated rings. The molecule has 4 nitrogen and oxygen atoms in total. The molecule has 0 unspecified atom stereocenters. The third-order valence-corrected chi connectivity index (χ3v) is 2.08. The minimum atomic E-state index is -4.50. The summed E-state index contributed by atoms with van der Waals surface area (Å²) < 4.78 is 40.7. The summed E-state index contributed by atoms with van der Waals surface area (Å²) in [6.45, 7) is 0. The molecule has 0 radical (unpaired) electrons. The average molecular weight is 220 g/mol. The second kappa shape index (κ2) is 3.05. The van der Waals surface area contributed by atoms with Crippen molar-refractivity contribution in [1.82, 2.24) is 19.1 Å². The molecule has 0 aromatic carbocycles. The molecule has 0 saturated heterocycles. The molecule has 0 atom stereocenters. The minimum absolute atomic E-state index is 0.0994. The zero-order chi connectivity index (χ0) is 10.2. The van der Waals surface area contributed by atoms with Crippen molar-refractivity contribution in [3.63, 3.8) is 0 Å². The fraction of sp³-hybridized carbons (Fsp3) is 0.167. The van der Waals surface area contributed by atoms with Gasteiger partial charge in [0.1, 0.15) is 0 Å². The highest BCUT2D eigenvalue weighted by Gasteiger charge is 2.36. The monoisotopic (exact) mass is 220 g/mol. The number of hydrogen-bond donors (Lipinski definition) is 0. The molecule has 0 amide bonds. The normalized spacial score (nSPS) is 11.9. The Labute approximate surface area is 80.2 Å². The molecule has 0 aliphatic rings. The zero-order valence-corrected chi connectivity index (χ0v) is 7.38. The summed E-state index contributed by atoms with van der Waals surface area (Å²) in [4.78, 5) is 3.31. The number of nitrogens with zero attached hydrogens (tertiary/aromatic N) is 4. The van der Waals surface area contributed by atoms with Crippen molar-refractivity contribution in [3.8, 4) is 5.13 Å². The van der Waals surface area contributed by atoms with Crippen LogP contribution in [0.1, 0.15) is 5.82 Å². The Morgan fingerprint density at radius 1 is 1.36 bits per heavy atom. The van der Waals surface area contributed by atoms with Gasteiger partial charge in [-0.2, -0.15) is 27.6 Å². The van der Waals surface area contributed by atoms with E-state index in [0.29, 0.717) is 11.5 Å². The lowest BCUT2D eigenvalue weighted by Crippen LogP contribution is -2.07. The highest BCUT2D eigenvalue weighted by molar-refractivity contribution is 7.08. The van der Waals surface area contributed by atoms with Crippen LogP contribution in [-0.4, -0.2) is 19.1 Å². The van der Waals surface area contributed by atoms with Crippen molar-refractivity contribution < 1.29 is 13.2 Å². The molecule has 0 spiro atoms. The van der Waals surface area contributed by atoms with Gasteiger partial charge in [0.15, 0.2) is 0 Å². The van der Waals surface area contributed by atoms with E-state index in [0.717, 1.165) is 0 Å². The van der Waals surface area contributed by atoms with Crippen LogP contribution in [0.3, 0.4) is 0 Å². The van der Waals surface area contributed by atoms with Crippen LogP contribution in [0, 0.1) is 0 Å². The molecule has 2 aromatic rings. The number of aromatic nitrogens is 4. The van der Waals surface area contributed by atoms with Crippen LogP contribution in [0.4, 0.5) is 13.2 Å². The van der Waals surface area contributed by atoms with Gasteiger partial charge in [-0.3, -0.25) is 0 Å². The van der Waals surface area contributed by atoms with Gasteiger partial charge in [-0.05, 0) is 6.07 Å². The lowest BCUT2D eigenvalue weighted by molar-refractivity contribution is -0.144. The summed E-state index contributed by atoms with van der Waals surface area (Å²) in [5.41, 5.74) is 0. The van der Waals surface area contributed by atoms with Crippen LogP contribution in [0.15, 0.2) is 18.5 Å². The van der Waals surface area contributed by atoms with Crippen LogP contribution < -0.4 is 0 Å². The molecule has 2 aromatic heterocycles. The van der Waals surface area contributed by atoms with Gasteiger partial charge in [-0.1, -0.05) is 0 Å². The maximum atomic E-state index is 12.1. The molecule has 0 saturated carbocycles. The van der Waals surface area contributed by atoms with Crippen LogP contribution >= 0.6 is 11.5 Å². The number of rotatable bonds is 1. The van der Waals surface area contributed by atoms with Crippen molar-refractivity contribution in [2.75, 3.05) is 0 Å². The first kappa shape index (κ1) is 9.13. The largest absolute Gasteiger partial charge is 0.452 e. The van der Waals surface area contributed by atoms with E-state index >= 15 is 0 Å². The van der Waals surface area contributed by atoms with Crippen molar-refractivity contribution >= 4 is 11.5 Å². The topological polar surface area (TPSA) is 43.6 Å². The predicted molar refractivity (Wildman–Crippen MR) is 42.0 cm³/mol. The van der Waals surface area contributed by atoms with Gasteiger partial charge in [0.2, 0.25) is 11.0 Å². The van der Waals surface area contributed by atoms with E-state index in [9.17, 15) is 13.2 Å². The third-order valence-electron chi connectivity index (χ3n) is 1.37. The van der Waals surface area contributed by atoms with E-state index in [1.54, 1.807) is 6.07 Å². The van der Waals surface area contributed by atoms with Crippen molar-refractivity contribution in [3.05, 3.63) is 24.3 Å². The van der Waals surface area contributed by atoms with Crippen LogP contribution in [0.25, 0.3) is 5.13 Å². The summed E-state index contributed by atoms with van der Waals surface area (Å²) in [5, 5.41) is 3.84. The predicted octanol–water partition coefficient (Wildman–Crippen LogP) is 1.74. The molecule has 74 valence electrons. The SMILES string of the molecule is FC(F)(F)c1nsc(-n2cccn2)n1. The first-order chi connectivity index (χ1) is 6.57. The minimum Gasteiger partial charge on any atom is -0.212 e. The fourth-order valence-electron chi connectivity index (χ4n) is 0.806. The first-order valence-corrected chi connectivity index (χ1v) is 4.25. The van der Waals surface area contributed by atoms with Crippen LogP contribution in [0.5, 0.6) is 0 Å². The second-order valence-corrected chi connectivity index (χ2v) is 3.08. The van der Waals surface area contributed by atoms with Crippen molar-refractivity contribution in [2.45, 2.75) is 6.18 Å². The number of halogens is 3. The lowest BCUT2D eigenvalue weighted by atomic mass is 10.6. The Morgan fingerprint density at radius 2 is 2.14 bits per heavy atom. The summed E-state index contributed by atoms with van der Waals surface area (Å²) in [6, 6.07) is 1.59. The molecule has 0 aliphatic heterocycles. The Balaban J connectivity index is 2.36.